The van der Waals surface area contributed by atoms with Gasteiger partial charge in [0.2, 0.25) is 11.8 Å². The fraction of sp³-hybridized carbons (Fsp3) is 0.111. The van der Waals surface area contributed by atoms with Crippen molar-refractivity contribution >= 4 is 35.2 Å². The molecule has 25 heavy (non-hydrogen) atoms. The van der Waals surface area contributed by atoms with E-state index in [2.05, 4.69) is 5.32 Å². The Labute approximate surface area is 150 Å². The third-order valence-electron chi connectivity index (χ3n) is 3.34. The van der Waals surface area contributed by atoms with Crippen LogP contribution in [0, 0.1) is 0 Å². The topological polar surface area (TPSA) is 90.6 Å². The van der Waals surface area contributed by atoms with Gasteiger partial charge in [-0.2, -0.15) is 0 Å². The maximum atomic E-state index is 12.1. The van der Waals surface area contributed by atoms with Crippen molar-refractivity contribution < 1.29 is 19.1 Å². The zero-order valence-electron chi connectivity index (χ0n) is 13.7. The molecule has 0 atom stereocenters. The molecule has 3 N–H and O–H groups in total. The molecule has 2 rings (SSSR count). The van der Waals surface area contributed by atoms with E-state index in [1.54, 1.807) is 31.4 Å². The second-order valence-electron chi connectivity index (χ2n) is 5.00. The van der Waals surface area contributed by atoms with Gasteiger partial charge in [0.25, 0.3) is 0 Å². The summed E-state index contributed by atoms with van der Waals surface area (Å²) in [6.07, 6.45) is 2.96. The fourth-order valence-electron chi connectivity index (χ4n) is 2.08. The van der Waals surface area contributed by atoms with Gasteiger partial charge >= 0.3 is 0 Å². The minimum atomic E-state index is -0.604. The molecule has 0 unspecified atom stereocenters. The molecule has 0 heterocycles. The predicted molar refractivity (Wildman–Crippen MR) is 97.2 cm³/mol. The van der Waals surface area contributed by atoms with Gasteiger partial charge in [-0.3, -0.25) is 9.59 Å². The Bertz CT molecular complexity index is 834. The van der Waals surface area contributed by atoms with E-state index in [4.69, 9.17) is 26.8 Å². The number of nitrogens with two attached hydrogens (primary N) is 1. The number of ether oxygens (including phenoxy) is 2. The molecule has 6 nitrogen and oxygen atoms in total. The molecule has 0 aliphatic heterocycles. The summed E-state index contributed by atoms with van der Waals surface area (Å²) >= 11 is 6.01. The highest BCUT2D eigenvalue weighted by Crippen LogP contribution is 2.28. The van der Waals surface area contributed by atoms with Gasteiger partial charge in [0.05, 0.1) is 24.9 Å². The van der Waals surface area contributed by atoms with Crippen LogP contribution in [0.25, 0.3) is 6.08 Å². The van der Waals surface area contributed by atoms with E-state index >= 15 is 0 Å². The monoisotopic (exact) mass is 360 g/mol. The lowest BCUT2D eigenvalue weighted by Gasteiger charge is -2.08. The molecule has 130 valence electrons. The van der Waals surface area contributed by atoms with Crippen LogP contribution in [0.3, 0.4) is 0 Å². The number of hydrogen-bond acceptors (Lipinski definition) is 4. The lowest BCUT2D eigenvalue weighted by atomic mass is 10.1. The number of benzene rings is 2. The molecule has 0 aliphatic rings. The van der Waals surface area contributed by atoms with Crippen LogP contribution < -0.4 is 20.5 Å². The molecule has 0 fully saturated rings. The Morgan fingerprint density at radius 3 is 2.44 bits per heavy atom. The number of anilines is 1. The first-order chi connectivity index (χ1) is 11.9. The van der Waals surface area contributed by atoms with Gasteiger partial charge in [-0.1, -0.05) is 17.7 Å². The Hall–Kier alpha value is -2.99. The summed E-state index contributed by atoms with van der Waals surface area (Å²) in [5.41, 5.74) is 6.53. The minimum Gasteiger partial charge on any atom is -0.493 e. The van der Waals surface area contributed by atoms with E-state index < -0.39 is 11.8 Å². The van der Waals surface area contributed by atoms with Crippen molar-refractivity contribution in [2.24, 2.45) is 5.73 Å². The number of rotatable bonds is 6. The van der Waals surface area contributed by atoms with E-state index in [-0.39, 0.29) is 5.56 Å². The summed E-state index contributed by atoms with van der Waals surface area (Å²) in [5.74, 6) is 0.146. The van der Waals surface area contributed by atoms with Gasteiger partial charge in [0.15, 0.2) is 11.5 Å². The molecule has 0 spiro atoms. The number of primary amides is 1. The van der Waals surface area contributed by atoms with Gasteiger partial charge in [0, 0.05) is 11.6 Å². The van der Waals surface area contributed by atoms with Crippen molar-refractivity contribution in [1.29, 1.82) is 0 Å². The van der Waals surface area contributed by atoms with Crippen molar-refractivity contribution in [3.63, 3.8) is 0 Å². The first kappa shape index (κ1) is 18.4. The summed E-state index contributed by atoms with van der Waals surface area (Å²) in [7, 11) is 3.08. The van der Waals surface area contributed by atoms with Gasteiger partial charge < -0.3 is 20.5 Å². The van der Waals surface area contributed by atoms with Crippen LogP contribution in [-0.2, 0) is 4.79 Å². The van der Waals surface area contributed by atoms with Crippen LogP contribution in [0.15, 0.2) is 42.5 Å². The molecule has 0 saturated carbocycles. The lowest BCUT2D eigenvalue weighted by Crippen LogP contribution is -2.13. The highest BCUT2D eigenvalue weighted by atomic mass is 35.5. The summed E-state index contributed by atoms with van der Waals surface area (Å²) in [5, 5.41) is 2.91. The summed E-state index contributed by atoms with van der Waals surface area (Å²) in [6.45, 7) is 0. The predicted octanol–water partition coefficient (Wildman–Crippen LogP) is 3.11. The normalized spacial score (nSPS) is 10.5. The molecule has 7 heteroatoms. The maximum absolute atomic E-state index is 12.1. The molecule has 2 amide bonds. The van der Waals surface area contributed by atoms with Crippen LogP contribution in [0.2, 0.25) is 5.02 Å². The molecule has 0 radical (unpaired) electrons. The van der Waals surface area contributed by atoms with E-state index in [1.807, 2.05) is 0 Å². The van der Waals surface area contributed by atoms with Crippen LogP contribution >= 0.6 is 11.6 Å². The minimum absolute atomic E-state index is 0.253. The average Bonchev–Trinajstić information content (AvgIpc) is 2.61. The summed E-state index contributed by atoms with van der Waals surface area (Å²) < 4.78 is 10.4. The zero-order valence-corrected chi connectivity index (χ0v) is 14.5. The van der Waals surface area contributed by atoms with Crippen LogP contribution in [0.1, 0.15) is 15.9 Å². The quantitative estimate of drug-likeness (QED) is 0.774. The number of methoxy groups -OCH3 is 2. The Morgan fingerprint density at radius 2 is 1.80 bits per heavy atom. The maximum Gasteiger partial charge on any atom is 0.248 e. The number of hydrogen-bond donors (Lipinski definition) is 2. The third kappa shape index (κ3) is 4.74. The van der Waals surface area contributed by atoms with E-state index in [0.29, 0.717) is 22.2 Å². The Kier molecular flexibility index (Phi) is 6.03. The largest absolute Gasteiger partial charge is 0.493 e. The first-order valence-electron chi connectivity index (χ1n) is 7.25. The SMILES string of the molecule is COc1ccc(C=CC(=O)Nc2cc(C(N)=O)ccc2Cl)cc1OC. The molecule has 2 aromatic rings. The van der Waals surface area contributed by atoms with Crippen molar-refractivity contribution in [1.82, 2.24) is 0 Å². The van der Waals surface area contributed by atoms with Crippen molar-refractivity contribution in [3.05, 3.63) is 58.6 Å². The number of nitrogens with one attached hydrogen (secondary N) is 1. The number of carbonyl (C=O) groups excluding carboxylic acids is 2. The standard InChI is InChI=1S/C18H17ClN2O4/c1-24-15-7-3-11(9-16(15)25-2)4-8-17(22)21-14-10-12(18(20)23)5-6-13(14)19/h3-10H,1-2H3,(H2,20,23)(H,21,22). The lowest BCUT2D eigenvalue weighted by molar-refractivity contribution is -0.111. The van der Waals surface area contributed by atoms with Gasteiger partial charge in [-0.25, -0.2) is 0 Å². The van der Waals surface area contributed by atoms with Crippen molar-refractivity contribution in [3.8, 4) is 11.5 Å². The molecule has 2 aromatic carbocycles. The molecule has 0 aromatic heterocycles. The highest BCUT2D eigenvalue weighted by molar-refractivity contribution is 6.34. The fourth-order valence-corrected chi connectivity index (χ4v) is 2.24. The van der Waals surface area contributed by atoms with E-state index in [9.17, 15) is 9.59 Å². The summed E-state index contributed by atoms with van der Waals surface area (Å²) in [6, 6.07) is 9.67. The average molecular weight is 361 g/mol. The van der Waals surface area contributed by atoms with Gasteiger partial charge in [-0.15, -0.1) is 0 Å². The molecule has 0 bridgehead atoms. The number of amides is 2. The second kappa shape index (κ2) is 8.21. The summed E-state index contributed by atoms with van der Waals surface area (Å²) in [4.78, 5) is 23.3. The smallest absolute Gasteiger partial charge is 0.248 e. The van der Waals surface area contributed by atoms with Crippen LogP contribution in [-0.4, -0.2) is 26.0 Å². The van der Waals surface area contributed by atoms with Gasteiger partial charge in [-0.05, 0) is 42.0 Å². The van der Waals surface area contributed by atoms with Crippen LogP contribution in [0.4, 0.5) is 5.69 Å². The van der Waals surface area contributed by atoms with Crippen molar-refractivity contribution in [2.75, 3.05) is 19.5 Å². The zero-order chi connectivity index (χ0) is 18.4. The second-order valence-corrected chi connectivity index (χ2v) is 5.40. The molecular formula is C18H17ClN2O4. The van der Waals surface area contributed by atoms with E-state index in [1.165, 1.54) is 31.4 Å². The van der Waals surface area contributed by atoms with E-state index in [0.717, 1.165) is 5.56 Å². The molecular weight excluding hydrogens is 344 g/mol. The molecule has 0 aliphatic carbocycles. The van der Waals surface area contributed by atoms with Crippen molar-refractivity contribution in [2.45, 2.75) is 0 Å². The Balaban J connectivity index is 2.14. The first-order valence-corrected chi connectivity index (χ1v) is 7.63. The Morgan fingerprint density at radius 1 is 1.08 bits per heavy atom. The third-order valence-corrected chi connectivity index (χ3v) is 3.67. The molecule has 0 saturated heterocycles. The van der Waals surface area contributed by atoms with Gasteiger partial charge in [0.1, 0.15) is 0 Å². The number of halogens is 1. The highest BCUT2D eigenvalue weighted by Gasteiger charge is 2.08. The number of carbonyl (C=O) groups is 2. The van der Waals surface area contributed by atoms with Crippen LogP contribution in [0.5, 0.6) is 11.5 Å².